The molecule has 1 aromatic heterocycles. The zero-order valence-corrected chi connectivity index (χ0v) is 12.9. The Morgan fingerprint density at radius 3 is 2.71 bits per heavy atom. The van der Waals surface area contributed by atoms with Gasteiger partial charge in [-0.25, -0.2) is 5.10 Å². The highest BCUT2D eigenvalue weighted by atomic mass is 32.2. The Morgan fingerprint density at radius 2 is 2.14 bits per heavy atom. The highest BCUT2D eigenvalue weighted by Gasteiger charge is 2.13. The van der Waals surface area contributed by atoms with Gasteiger partial charge in [0, 0.05) is 0 Å². The van der Waals surface area contributed by atoms with Gasteiger partial charge in [-0.2, -0.15) is 4.98 Å². The van der Waals surface area contributed by atoms with Crippen LogP contribution < -0.4 is 11.1 Å². The second kappa shape index (κ2) is 7.12. The number of amides is 1. The summed E-state index contributed by atoms with van der Waals surface area (Å²) in [4.78, 5) is 15.9. The normalized spacial score (nSPS) is 12.1. The molecular weight excluding hydrogens is 286 g/mol. The van der Waals surface area contributed by atoms with E-state index in [9.17, 15) is 4.79 Å². The Morgan fingerprint density at radius 1 is 1.43 bits per heavy atom. The number of hydrogen-bond donors (Lipinski definition) is 3. The summed E-state index contributed by atoms with van der Waals surface area (Å²) in [5.74, 6) is 0.472. The minimum atomic E-state index is -0.0456. The molecule has 2 rings (SSSR count). The highest BCUT2D eigenvalue weighted by Crippen LogP contribution is 2.18. The SMILES string of the molecule is CC[C@H](NC(=O)CSc1n[nH]c(N)n1)c1ccc(C)cc1. The van der Waals surface area contributed by atoms with E-state index in [1.165, 1.54) is 17.3 Å². The van der Waals surface area contributed by atoms with Gasteiger partial charge in [-0.05, 0) is 18.9 Å². The first kappa shape index (κ1) is 15.4. The molecule has 0 radical (unpaired) electrons. The number of nitrogens with two attached hydrogens (primary N) is 1. The summed E-state index contributed by atoms with van der Waals surface area (Å²) in [6.07, 6.45) is 0.840. The summed E-state index contributed by atoms with van der Waals surface area (Å²) < 4.78 is 0. The van der Waals surface area contributed by atoms with Gasteiger partial charge in [0.1, 0.15) is 0 Å². The van der Waals surface area contributed by atoms with E-state index in [-0.39, 0.29) is 23.7 Å². The molecule has 2 aromatic rings. The second-order valence-corrected chi connectivity index (χ2v) is 5.67. The molecule has 6 nitrogen and oxygen atoms in total. The highest BCUT2D eigenvalue weighted by molar-refractivity contribution is 7.99. The molecule has 1 amide bonds. The molecule has 0 fully saturated rings. The van der Waals surface area contributed by atoms with Gasteiger partial charge in [0.05, 0.1) is 11.8 Å². The number of carbonyl (C=O) groups excluding carboxylic acids is 1. The number of H-pyrrole nitrogens is 1. The van der Waals surface area contributed by atoms with Crippen molar-refractivity contribution in [1.29, 1.82) is 0 Å². The maximum Gasteiger partial charge on any atom is 0.230 e. The minimum absolute atomic E-state index is 0.0240. The monoisotopic (exact) mass is 305 g/mol. The summed E-state index contributed by atoms with van der Waals surface area (Å²) in [5.41, 5.74) is 7.75. The number of anilines is 1. The molecule has 0 saturated heterocycles. The predicted molar refractivity (Wildman–Crippen MR) is 83.9 cm³/mol. The first-order valence-electron chi connectivity index (χ1n) is 6.75. The first-order valence-corrected chi connectivity index (χ1v) is 7.73. The number of aromatic amines is 1. The first-order chi connectivity index (χ1) is 10.1. The largest absolute Gasteiger partial charge is 0.368 e. The molecule has 0 saturated carbocycles. The zero-order chi connectivity index (χ0) is 15.2. The number of carbonyl (C=O) groups is 1. The Kier molecular flexibility index (Phi) is 5.21. The lowest BCUT2D eigenvalue weighted by Gasteiger charge is -2.17. The topological polar surface area (TPSA) is 96.7 Å². The number of hydrogen-bond acceptors (Lipinski definition) is 5. The van der Waals surface area contributed by atoms with E-state index in [1.807, 2.05) is 26.0 Å². The summed E-state index contributed by atoms with van der Waals surface area (Å²) in [6, 6.07) is 8.22. The van der Waals surface area contributed by atoms with Crippen LogP contribution in [0.4, 0.5) is 5.95 Å². The van der Waals surface area contributed by atoms with Crippen molar-refractivity contribution in [1.82, 2.24) is 20.5 Å². The third-order valence-electron chi connectivity index (χ3n) is 3.04. The fourth-order valence-corrected chi connectivity index (χ4v) is 2.53. The number of rotatable bonds is 6. The summed E-state index contributed by atoms with van der Waals surface area (Å²) in [7, 11) is 0. The van der Waals surface area contributed by atoms with E-state index in [4.69, 9.17) is 5.73 Å². The standard InChI is InChI=1S/C14H19N5OS/c1-3-11(10-6-4-9(2)5-7-10)16-12(20)8-21-14-17-13(15)18-19-14/h4-7,11H,3,8H2,1-2H3,(H,16,20)(H3,15,17,18,19)/t11-/m0/s1. The molecule has 1 heterocycles. The Hall–Kier alpha value is -2.02. The maximum atomic E-state index is 12.0. The molecule has 1 atom stereocenters. The van der Waals surface area contributed by atoms with E-state index in [0.717, 1.165) is 12.0 Å². The van der Waals surface area contributed by atoms with Gasteiger partial charge in [0.25, 0.3) is 0 Å². The average Bonchev–Trinajstić information content (AvgIpc) is 2.89. The molecule has 21 heavy (non-hydrogen) atoms. The lowest BCUT2D eigenvalue weighted by atomic mass is 10.0. The van der Waals surface area contributed by atoms with Gasteiger partial charge in [-0.3, -0.25) is 4.79 Å². The number of nitrogens with zero attached hydrogens (tertiary/aromatic N) is 2. The number of benzene rings is 1. The van der Waals surface area contributed by atoms with Gasteiger partial charge in [0.2, 0.25) is 17.0 Å². The number of nitrogens with one attached hydrogen (secondary N) is 2. The van der Waals surface area contributed by atoms with Crippen LogP contribution >= 0.6 is 11.8 Å². The van der Waals surface area contributed by atoms with Crippen LogP contribution in [0.1, 0.15) is 30.5 Å². The van der Waals surface area contributed by atoms with Crippen LogP contribution in [0.5, 0.6) is 0 Å². The van der Waals surface area contributed by atoms with Crippen molar-refractivity contribution in [2.24, 2.45) is 0 Å². The van der Waals surface area contributed by atoms with Gasteiger partial charge in [-0.15, -0.1) is 5.10 Å². The van der Waals surface area contributed by atoms with Crippen LogP contribution in [-0.2, 0) is 4.79 Å². The Labute approximate surface area is 127 Å². The zero-order valence-electron chi connectivity index (χ0n) is 12.1. The van der Waals surface area contributed by atoms with Crippen molar-refractivity contribution in [3.8, 4) is 0 Å². The molecule has 0 spiro atoms. The molecule has 4 N–H and O–H groups in total. The molecule has 0 aliphatic heterocycles. The average molecular weight is 305 g/mol. The van der Waals surface area contributed by atoms with Crippen LogP contribution in [0.3, 0.4) is 0 Å². The summed E-state index contributed by atoms with van der Waals surface area (Å²) >= 11 is 1.25. The van der Waals surface area contributed by atoms with Gasteiger partial charge < -0.3 is 11.1 Å². The third kappa shape index (κ3) is 4.49. The quantitative estimate of drug-likeness (QED) is 0.710. The summed E-state index contributed by atoms with van der Waals surface area (Å²) in [6.45, 7) is 4.09. The lowest BCUT2D eigenvalue weighted by molar-refractivity contribution is -0.119. The summed E-state index contributed by atoms with van der Waals surface area (Å²) in [5, 5.41) is 9.92. The van der Waals surface area contributed by atoms with E-state index >= 15 is 0 Å². The van der Waals surface area contributed by atoms with E-state index in [1.54, 1.807) is 0 Å². The molecule has 0 unspecified atom stereocenters. The number of nitrogen functional groups attached to an aromatic ring is 1. The van der Waals surface area contributed by atoms with Crippen molar-refractivity contribution in [2.75, 3.05) is 11.5 Å². The van der Waals surface area contributed by atoms with Crippen LogP contribution in [0, 0.1) is 6.92 Å². The molecule has 0 aliphatic carbocycles. The predicted octanol–water partition coefficient (Wildman–Crippen LogP) is 2.05. The number of aryl methyl sites for hydroxylation is 1. The molecule has 112 valence electrons. The van der Waals surface area contributed by atoms with Crippen molar-refractivity contribution >= 4 is 23.6 Å². The minimum Gasteiger partial charge on any atom is -0.368 e. The molecule has 1 aromatic carbocycles. The van der Waals surface area contributed by atoms with E-state index in [0.29, 0.717) is 5.16 Å². The number of thioether (sulfide) groups is 1. The molecule has 0 aliphatic rings. The fraction of sp³-hybridized carbons (Fsp3) is 0.357. The molecule has 0 bridgehead atoms. The van der Waals surface area contributed by atoms with E-state index in [2.05, 4.69) is 32.6 Å². The van der Waals surface area contributed by atoms with Crippen molar-refractivity contribution < 1.29 is 4.79 Å². The smallest absolute Gasteiger partial charge is 0.230 e. The fourth-order valence-electron chi connectivity index (χ4n) is 1.91. The van der Waals surface area contributed by atoms with Crippen molar-refractivity contribution in [3.05, 3.63) is 35.4 Å². The number of aromatic nitrogens is 3. The Balaban J connectivity index is 1.89. The van der Waals surface area contributed by atoms with Gasteiger partial charge in [-0.1, -0.05) is 48.5 Å². The Bertz CT molecular complexity index is 596. The van der Waals surface area contributed by atoms with Gasteiger partial charge in [0.15, 0.2) is 0 Å². The van der Waals surface area contributed by atoms with Crippen LogP contribution in [-0.4, -0.2) is 26.8 Å². The van der Waals surface area contributed by atoms with Crippen molar-refractivity contribution in [3.63, 3.8) is 0 Å². The molecular formula is C14H19N5OS. The molecule has 7 heteroatoms. The third-order valence-corrected chi connectivity index (χ3v) is 3.89. The van der Waals surface area contributed by atoms with Crippen molar-refractivity contribution in [2.45, 2.75) is 31.5 Å². The van der Waals surface area contributed by atoms with Crippen LogP contribution in [0.15, 0.2) is 29.4 Å². The van der Waals surface area contributed by atoms with Gasteiger partial charge >= 0.3 is 0 Å². The second-order valence-electron chi connectivity index (χ2n) is 4.73. The van der Waals surface area contributed by atoms with Crippen LogP contribution in [0.25, 0.3) is 0 Å². The lowest BCUT2D eigenvalue weighted by Crippen LogP contribution is -2.29. The van der Waals surface area contributed by atoms with E-state index < -0.39 is 0 Å². The van der Waals surface area contributed by atoms with Crippen LogP contribution in [0.2, 0.25) is 0 Å². The maximum absolute atomic E-state index is 12.0.